The van der Waals surface area contributed by atoms with Gasteiger partial charge in [0.25, 0.3) is 0 Å². The fourth-order valence-electron chi connectivity index (χ4n) is 2.64. The molecule has 24 heavy (non-hydrogen) atoms. The lowest BCUT2D eigenvalue weighted by Crippen LogP contribution is -2.24. The monoisotopic (exact) mass is 363 g/mol. The molecule has 7 nitrogen and oxygen atoms in total. The second kappa shape index (κ2) is 6.94. The van der Waals surface area contributed by atoms with Crippen molar-refractivity contribution < 1.29 is 9.59 Å². The van der Waals surface area contributed by atoms with Crippen LogP contribution in [0, 0.1) is 19.8 Å². The zero-order valence-electron chi connectivity index (χ0n) is 13.6. The molecular weight excluding hydrogens is 346 g/mol. The van der Waals surface area contributed by atoms with Crippen molar-refractivity contribution in [3.05, 3.63) is 22.0 Å². The summed E-state index contributed by atoms with van der Waals surface area (Å²) in [7, 11) is 0. The molecule has 0 aliphatic heterocycles. The fraction of sp³-hybridized carbons (Fsp3) is 0.467. The molecule has 1 N–H and O–H groups in total. The van der Waals surface area contributed by atoms with Crippen molar-refractivity contribution in [3.8, 4) is 0 Å². The van der Waals surface area contributed by atoms with Gasteiger partial charge in [-0.2, -0.15) is 0 Å². The number of thioether (sulfide) groups is 1. The topological polar surface area (TPSA) is 97.7 Å². The Labute approximate surface area is 147 Å². The van der Waals surface area contributed by atoms with Crippen LogP contribution in [0.5, 0.6) is 0 Å². The van der Waals surface area contributed by atoms with E-state index in [1.54, 1.807) is 6.92 Å². The molecule has 0 fully saturated rings. The van der Waals surface area contributed by atoms with Gasteiger partial charge in [0.05, 0.1) is 22.7 Å². The number of rotatable bonds is 4. The summed E-state index contributed by atoms with van der Waals surface area (Å²) in [6, 6.07) is 0. The van der Waals surface area contributed by atoms with Gasteiger partial charge in [0, 0.05) is 6.42 Å². The quantitative estimate of drug-likeness (QED) is 0.833. The second-order valence-corrected chi connectivity index (χ2v) is 8.22. The zero-order chi connectivity index (χ0) is 17.3. The first kappa shape index (κ1) is 17.0. The van der Waals surface area contributed by atoms with Crippen LogP contribution in [0.15, 0.2) is 4.34 Å². The third-order valence-electron chi connectivity index (χ3n) is 3.60. The van der Waals surface area contributed by atoms with Gasteiger partial charge in [-0.3, -0.25) is 14.9 Å². The van der Waals surface area contributed by atoms with E-state index in [9.17, 15) is 9.59 Å². The Kier molecular flexibility index (Phi) is 4.91. The van der Waals surface area contributed by atoms with E-state index in [2.05, 4.69) is 25.5 Å². The summed E-state index contributed by atoms with van der Waals surface area (Å²) < 4.78 is 0.754. The molecule has 1 aliphatic carbocycles. The number of hydrogen-bond donors (Lipinski definition) is 1. The Bertz CT molecular complexity index is 805. The maximum atomic E-state index is 12.1. The Morgan fingerprint density at radius 1 is 1.29 bits per heavy atom. The average molecular weight is 363 g/mol. The minimum Gasteiger partial charge on any atom is -0.294 e. The molecule has 2 heterocycles. The van der Waals surface area contributed by atoms with E-state index < -0.39 is 0 Å². The van der Waals surface area contributed by atoms with Crippen LogP contribution < -0.4 is 5.32 Å². The highest BCUT2D eigenvalue weighted by atomic mass is 32.2. The molecule has 0 unspecified atom stereocenters. The molecule has 126 valence electrons. The van der Waals surface area contributed by atoms with Gasteiger partial charge >= 0.3 is 0 Å². The third kappa shape index (κ3) is 3.78. The normalized spacial score (nSPS) is 16.8. The molecular formula is C15H17N5O2S2. The number of nitrogens with zero attached hydrogens (tertiary/aromatic N) is 4. The van der Waals surface area contributed by atoms with Crippen LogP contribution in [0.3, 0.4) is 0 Å². The molecule has 1 aliphatic rings. The van der Waals surface area contributed by atoms with Gasteiger partial charge in [-0.05, 0) is 26.2 Å². The van der Waals surface area contributed by atoms with Gasteiger partial charge < -0.3 is 0 Å². The minimum absolute atomic E-state index is 0.0846. The summed E-state index contributed by atoms with van der Waals surface area (Å²) >= 11 is 2.78. The SMILES string of the molecule is Cc1nnc(SCC(=O)Nc2nc(C)c3c(n2)C[C@H](C)CC3=O)s1. The van der Waals surface area contributed by atoms with Gasteiger partial charge in [-0.25, -0.2) is 9.97 Å². The number of fused-ring (bicyclic) bond motifs is 1. The van der Waals surface area contributed by atoms with Gasteiger partial charge in [0.15, 0.2) is 10.1 Å². The molecule has 0 spiro atoms. The van der Waals surface area contributed by atoms with Crippen molar-refractivity contribution in [3.63, 3.8) is 0 Å². The molecule has 1 amide bonds. The highest BCUT2D eigenvalue weighted by Gasteiger charge is 2.26. The summed E-state index contributed by atoms with van der Waals surface area (Å²) in [5.74, 6) is 0.610. The summed E-state index contributed by atoms with van der Waals surface area (Å²) in [4.78, 5) is 32.8. The number of ketones is 1. The highest BCUT2D eigenvalue weighted by Crippen LogP contribution is 2.27. The van der Waals surface area contributed by atoms with Crippen molar-refractivity contribution in [2.75, 3.05) is 11.1 Å². The van der Waals surface area contributed by atoms with E-state index in [1.807, 2.05) is 13.8 Å². The molecule has 1 atom stereocenters. The van der Waals surface area contributed by atoms with Crippen LogP contribution in [-0.2, 0) is 11.2 Å². The van der Waals surface area contributed by atoms with Crippen molar-refractivity contribution in [2.24, 2.45) is 5.92 Å². The maximum Gasteiger partial charge on any atom is 0.237 e. The van der Waals surface area contributed by atoms with Crippen LogP contribution in [0.1, 0.15) is 40.1 Å². The first-order valence-electron chi connectivity index (χ1n) is 7.56. The predicted octanol–water partition coefficient (Wildman–Crippen LogP) is 2.44. The number of anilines is 1. The first-order chi connectivity index (χ1) is 11.4. The van der Waals surface area contributed by atoms with Gasteiger partial charge in [-0.15, -0.1) is 10.2 Å². The first-order valence-corrected chi connectivity index (χ1v) is 9.36. The summed E-state index contributed by atoms with van der Waals surface area (Å²) in [5.41, 5.74) is 1.97. The summed E-state index contributed by atoms with van der Waals surface area (Å²) in [5, 5.41) is 11.4. The smallest absolute Gasteiger partial charge is 0.237 e. The molecule has 9 heteroatoms. The van der Waals surface area contributed by atoms with Crippen LogP contribution in [0.4, 0.5) is 5.95 Å². The van der Waals surface area contributed by atoms with Crippen molar-refractivity contribution in [1.82, 2.24) is 20.2 Å². The molecule has 0 aromatic carbocycles. The number of nitrogens with one attached hydrogen (secondary N) is 1. The average Bonchev–Trinajstić information content (AvgIpc) is 2.89. The van der Waals surface area contributed by atoms with Crippen molar-refractivity contribution >= 4 is 40.7 Å². The summed E-state index contributed by atoms with van der Waals surface area (Å²) in [6.07, 6.45) is 1.26. The Hall–Kier alpha value is -1.87. The largest absolute Gasteiger partial charge is 0.294 e. The number of hydrogen-bond acceptors (Lipinski definition) is 8. The molecule has 0 saturated carbocycles. The maximum absolute atomic E-state index is 12.1. The van der Waals surface area contributed by atoms with E-state index in [4.69, 9.17) is 0 Å². The standard InChI is InChI=1S/C15H17N5O2S2/c1-7-4-10-13(11(21)5-7)8(2)16-14(17-10)18-12(22)6-23-15-20-19-9(3)24-15/h7H,4-6H2,1-3H3,(H,16,17,18,22)/t7-/m0/s1. The van der Waals surface area contributed by atoms with E-state index >= 15 is 0 Å². The van der Waals surface area contributed by atoms with Crippen molar-refractivity contribution in [1.29, 1.82) is 0 Å². The minimum atomic E-state index is -0.206. The fourth-order valence-corrected chi connectivity index (χ4v) is 4.26. The van der Waals surface area contributed by atoms with E-state index in [-0.39, 0.29) is 29.3 Å². The third-order valence-corrected chi connectivity index (χ3v) is 5.58. The highest BCUT2D eigenvalue weighted by molar-refractivity contribution is 8.01. The van der Waals surface area contributed by atoms with Gasteiger partial charge in [-0.1, -0.05) is 30.0 Å². The van der Waals surface area contributed by atoms with Crippen LogP contribution in [0.2, 0.25) is 0 Å². The Morgan fingerprint density at radius 3 is 2.79 bits per heavy atom. The Balaban J connectivity index is 1.69. The lowest BCUT2D eigenvalue weighted by molar-refractivity contribution is -0.113. The number of aromatic nitrogens is 4. The van der Waals surface area contributed by atoms with E-state index in [0.29, 0.717) is 17.7 Å². The lowest BCUT2D eigenvalue weighted by atomic mass is 9.86. The molecule has 0 radical (unpaired) electrons. The molecule has 0 bridgehead atoms. The van der Waals surface area contributed by atoms with Crippen LogP contribution in [0.25, 0.3) is 0 Å². The molecule has 0 saturated heterocycles. The molecule has 3 rings (SSSR count). The van der Waals surface area contributed by atoms with Gasteiger partial charge in [0.1, 0.15) is 5.01 Å². The number of carbonyl (C=O) groups excluding carboxylic acids is 2. The van der Waals surface area contributed by atoms with E-state index in [0.717, 1.165) is 21.5 Å². The van der Waals surface area contributed by atoms with Crippen LogP contribution in [-0.4, -0.2) is 37.6 Å². The number of aryl methyl sites for hydroxylation is 2. The zero-order valence-corrected chi connectivity index (χ0v) is 15.3. The Morgan fingerprint density at radius 2 is 2.08 bits per heavy atom. The van der Waals surface area contributed by atoms with Crippen LogP contribution >= 0.6 is 23.1 Å². The predicted molar refractivity (Wildman–Crippen MR) is 92.6 cm³/mol. The van der Waals surface area contributed by atoms with Crippen molar-refractivity contribution in [2.45, 2.75) is 38.0 Å². The lowest BCUT2D eigenvalue weighted by Gasteiger charge is -2.21. The number of amides is 1. The number of carbonyl (C=O) groups is 2. The number of Topliss-reactive ketones (excluding diaryl/α,β-unsaturated/α-hetero) is 1. The van der Waals surface area contributed by atoms with E-state index in [1.165, 1.54) is 23.1 Å². The molecule has 2 aromatic heterocycles. The second-order valence-electron chi connectivity index (χ2n) is 5.81. The van der Waals surface area contributed by atoms with Gasteiger partial charge in [0.2, 0.25) is 11.9 Å². The summed E-state index contributed by atoms with van der Waals surface area (Å²) in [6.45, 7) is 5.67. The molecule has 2 aromatic rings.